The van der Waals surface area contributed by atoms with Gasteiger partial charge in [-0.3, -0.25) is 4.79 Å². The van der Waals surface area contributed by atoms with E-state index in [9.17, 15) is 4.79 Å². The maximum absolute atomic E-state index is 13.3. The third-order valence-corrected chi connectivity index (χ3v) is 6.59. The second-order valence-corrected chi connectivity index (χ2v) is 10.5. The Balaban J connectivity index is 1.76. The van der Waals surface area contributed by atoms with E-state index in [-0.39, 0.29) is 16.9 Å². The third kappa shape index (κ3) is 3.94. The van der Waals surface area contributed by atoms with E-state index in [1.807, 2.05) is 11.0 Å². The van der Waals surface area contributed by atoms with Crippen molar-refractivity contribution in [2.45, 2.75) is 83.6 Å². The second kappa shape index (κ2) is 7.42. The average molecular weight is 398 g/mol. The van der Waals surface area contributed by atoms with E-state index in [0.29, 0.717) is 18.2 Å². The summed E-state index contributed by atoms with van der Waals surface area (Å²) in [5.74, 6) is 0.901. The van der Waals surface area contributed by atoms with E-state index in [4.69, 9.17) is 9.40 Å². The molecule has 0 aromatic carbocycles. The Hall–Kier alpha value is -1.88. The number of hydrogen-bond donors (Lipinski definition) is 1. The van der Waals surface area contributed by atoms with Crippen LogP contribution in [-0.2, 0) is 5.41 Å². The number of piperazine rings is 1. The van der Waals surface area contributed by atoms with Gasteiger partial charge < -0.3 is 14.6 Å². The molecule has 1 saturated heterocycles. The van der Waals surface area contributed by atoms with Gasteiger partial charge in [-0.15, -0.1) is 0 Å². The number of fused-ring (bicyclic) bond motifs is 1. The van der Waals surface area contributed by atoms with Gasteiger partial charge in [0, 0.05) is 42.9 Å². The molecular weight excluding hydrogens is 362 g/mol. The summed E-state index contributed by atoms with van der Waals surface area (Å²) in [7, 11) is 0. The van der Waals surface area contributed by atoms with E-state index in [1.165, 1.54) is 37.8 Å². The number of carbonyl (C=O) groups excluding carboxylic acids is 1. The van der Waals surface area contributed by atoms with Crippen LogP contribution in [-0.4, -0.2) is 41.0 Å². The Bertz CT molecular complexity index is 901. The van der Waals surface area contributed by atoms with Crippen LogP contribution in [0.15, 0.2) is 16.5 Å². The van der Waals surface area contributed by atoms with Crippen molar-refractivity contribution >= 4 is 17.0 Å². The van der Waals surface area contributed by atoms with Gasteiger partial charge in [0.2, 0.25) is 0 Å². The lowest BCUT2D eigenvalue weighted by Gasteiger charge is -2.42. The molecule has 3 heterocycles. The molecule has 1 N–H and O–H groups in total. The summed E-state index contributed by atoms with van der Waals surface area (Å²) in [5.41, 5.74) is 3.62. The molecule has 1 aliphatic heterocycles. The number of hydrogen-bond acceptors (Lipinski definition) is 4. The topological polar surface area (TPSA) is 58.4 Å². The minimum Gasteiger partial charge on any atom is -0.449 e. The molecule has 1 aliphatic carbocycles. The Labute approximate surface area is 174 Å². The zero-order chi connectivity index (χ0) is 20.8. The molecular formula is C24H35N3O2. The van der Waals surface area contributed by atoms with Crippen molar-refractivity contribution < 1.29 is 9.21 Å². The minimum atomic E-state index is -0.234. The number of amides is 1. The van der Waals surface area contributed by atoms with E-state index in [1.54, 1.807) is 0 Å². The summed E-state index contributed by atoms with van der Waals surface area (Å²) in [6.45, 7) is 13.1. The predicted molar refractivity (Wildman–Crippen MR) is 117 cm³/mol. The summed E-state index contributed by atoms with van der Waals surface area (Å²) in [6.07, 6.45) is 6.31. The predicted octanol–water partition coefficient (Wildman–Crippen LogP) is 5.00. The smallest absolute Gasteiger partial charge is 0.290 e. The van der Waals surface area contributed by atoms with Crippen LogP contribution < -0.4 is 5.32 Å². The second-order valence-electron chi connectivity index (χ2n) is 10.5. The molecule has 0 radical (unpaired) electrons. The highest BCUT2D eigenvalue weighted by atomic mass is 16.3. The van der Waals surface area contributed by atoms with E-state index in [2.05, 4.69) is 46.0 Å². The van der Waals surface area contributed by atoms with Crippen LogP contribution in [0, 0.1) is 0 Å². The summed E-state index contributed by atoms with van der Waals surface area (Å²) in [4.78, 5) is 20.2. The van der Waals surface area contributed by atoms with E-state index >= 15 is 0 Å². The highest BCUT2D eigenvalue weighted by Gasteiger charge is 2.36. The lowest BCUT2D eigenvalue weighted by Crippen LogP contribution is -2.59. The molecule has 0 bridgehead atoms. The fourth-order valence-corrected chi connectivity index (χ4v) is 4.80. The van der Waals surface area contributed by atoms with Gasteiger partial charge in [0.1, 0.15) is 5.52 Å². The normalized spacial score (nSPS) is 20.9. The molecule has 29 heavy (non-hydrogen) atoms. The molecule has 0 unspecified atom stereocenters. The molecule has 5 nitrogen and oxygen atoms in total. The van der Waals surface area contributed by atoms with Gasteiger partial charge in [-0.1, -0.05) is 40.0 Å². The molecule has 5 heteroatoms. The third-order valence-electron chi connectivity index (χ3n) is 6.59. The zero-order valence-corrected chi connectivity index (χ0v) is 18.6. The fraction of sp³-hybridized carbons (Fsp3) is 0.667. The van der Waals surface area contributed by atoms with Gasteiger partial charge in [0.05, 0.1) is 5.54 Å². The van der Waals surface area contributed by atoms with Crippen molar-refractivity contribution in [2.75, 3.05) is 19.6 Å². The highest BCUT2D eigenvalue weighted by Crippen LogP contribution is 2.38. The Morgan fingerprint density at radius 2 is 1.93 bits per heavy atom. The quantitative estimate of drug-likeness (QED) is 0.775. The van der Waals surface area contributed by atoms with Crippen LogP contribution in [0.3, 0.4) is 0 Å². The van der Waals surface area contributed by atoms with Gasteiger partial charge in [-0.25, -0.2) is 4.98 Å². The average Bonchev–Trinajstić information content (AvgIpc) is 3.10. The molecule has 4 rings (SSSR count). The summed E-state index contributed by atoms with van der Waals surface area (Å²) >= 11 is 0. The largest absolute Gasteiger partial charge is 0.449 e. The number of carbonyl (C=O) groups is 1. The highest BCUT2D eigenvalue weighted by molar-refractivity contribution is 5.96. The molecule has 2 fully saturated rings. The number of nitrogens with one attached hydrogen (secondary N) is 1. The van der Waals surface area contributed by atoms with Crippen molar-refractivity contribution in [3.8, 4) is 0 Å². The van der Waals surface area contributed by atoms with Gasteiger partial charge in [-0.2, -0.15) is 0 Å². The van der Waals surface area contributed by atoms with Crippen LogP contribution in [0.2, 0.25) is 0 Å². The molecule has 1 saturated carbocycles. The summed E-state index contributed by atoms with van der Waals surface area (Å²) < 4.78 is 6.20. The Kier molecular flexibility index (Phi) is 5.22. The number of rotatable bonds is 2. The molecule has 0 atom stereocenters. The van der Waals surface area contributed by atoms with Gasteiger partial charge in [-0.05, 0) is 38.2 Å². The maximum Gasteiger partial charge on any atom is 0.290 e. The number of furan rings is 1. The SMILES string of the molecule is CC(C)(C)c1cc(C2CCCCC2)nc2cc(C(=O)N3CCNCC3(C)C)oc12. The lowest BCUT2D eigenvalue weighted by molar-refractivity contribution is 0.0448. The monoisotopic (exact) mass is 397 g/mol. The Morgan fingerprint density at radius 1 is 1.21 bits per heavy atom. The molecule has 1 amide bonds. The minimum absolute atomic E-state index is 0.0337. The number of aromatic nitrogens is 1. The molecule has 0 spiro atoms. The van der Waals surface area contributed by atoms with Gasteiger partial charge in [0.25, 0.3) is 5.91 Å². The lowest BCUT2D eigenvalue weighted by atomic mass is 9.82. The van der Waals surface area contributed by atoms with Gasteiger partial charge >= 0.3 is 0 Å². The first kappa shape index (κ1) is 20.4. The molecule has 2 aromatic rings. The van der Waals surface area contributed by atoms with Crippen LogP contribution >= 0.6 is 0 Å². The molecule has 2 aromatic heterocycles. The van der Waals surface area contributed by atoms with E-state index < -0.39 is 0 Å². The first-order chi connectivity index (χ1) is 13.7. The van der Waals surface area contributed by atoms with Crippen LogP contribution in [0.5, 0.6) is 0 Å². The maximum atomic E-state index is 13.3. The zero-order valence-electron chi connectivity index (χ0n) is 18.6. The Morgan fingerprint density at radius 3 is 2.59 bits per heavy atom. The molecule has 158 valence electrons. The van der Waals surface area contributed by atoms with Crippen molar-refractivity contribution in [3.63, 3.8) is 0 Å². The number of pyridine rings is 1. The summed E-state index contributed by atoms with van der Waals surface area (Å²) in [6, 6.07) is 4.11. The van der Waals surface area contributed by atoms with Crippen molar-refractivity contribution in [2.24, 2.45) is 0 Å². The molecule has 2 aliphatic rings. The first-order valence-corrected chi connectivity index (χ1v) is 11.1. The van der Waals surface area contributed by atoms with Gasteiger partial charge in [0.15, 0.2) is 11.3 Å². The van der Waals surface area contributed by atoms with Crippen LogP contribution in [0.1, 0.15) is 94.5 Å². The van der Waals surface area contributed by atoms with Crippen molar-refractivity contribution in [3.05, 3.63) is 29.2 Å². The number of nitrogens with zero attached hydrogens (tertiary/aromatic N) is 2. The van der Waals surface area contributed by atoms with Crippen molar-refractivity contribution in [1.29, 1.82) is 0 Å². The van der Waals surface area contributed by atoms with E-state index in [0.717, 1.165) is 29.8 Å². The van der Waals surface area contributed by atoms with Crippen molar-refractivity contribution in [1.82, 2.24) is 15.2 Å². The summed E-state index contributed by atoms with van der Waals surface area (Å²) in [5, 5.41) is 3.37. The van der Waals surface area contributed by atoms with Crippen LogP contribution in [0.25, 0.3) is 11.1 Å². The van der Waals surface area contributed by atoms with Crippen LogP contribution in [0.4, 0.5) is 0 Å². The first-order valence-electron chi connectivity index (χ1n) is 11.1. The fourth-order valence-electron chi connectivity index (χ4n) is 4.80. The standard InChI is InChI=1S/C24H35N3O2/c1-23(2,3)17-13-18(16-9-7-6-8-10-16)26-19-14-20(29-21(17)19)22(28)27-12-11-25-15-24(27,4)5/h13-14,16,25H,6-12,15H2,1-5H3.